The van der Waals surface area contributed by atoms with E-state index in [9.17, 15) is 24.8 Å². The SMILES string of the molecule is COc1c(O)ccc(/C=C2\SC(=O)N(Cc3cccc(Cl)c3)C2=O)c1[N+](=O)[O-]. The second-order valence-electron chi connectivity index (χ2n) is 5.71. The number of carbonyl (C=O) groups excluding carboxylic acids is 2. The van der Waals surface area contributed by atoms with Gasteiger partial charge in [0.1, 0.15) is 0 Å². The average molecular weight is 421 g/mol. The molecule has 2 amide bonds. The van der Waals surface area contributed by atoms with Gasteiger partial charge in [-0.3, -0.25) is 24.6 Å². The third kappa shape index (κ3) is 3.80. The number of ether oxygens (including phenoxy) is 1. The van der Waals surface area contributed by atoms with Gasteiger partial charge in [-0.2, -0.15) is 0 Å². The average Bonchev–Trinajstić information content (AvgIpc) is 2.90. The number of nitrogens with zero attached hydrogens (tertiary/aromatic N) is 2. The Balaban J connectivity index is 1.95. The normalized spacial score (nSPS) is 15.4. The maximum Gasteiger partial charge on any atom is 0.322 e. The zero-order valence-electron chi connectivity index (χ0n) is 14.4. The van der Waals surface area contributed by atoms with Crippen LogP contribution in [0.5, 0.6) is 11.5 Å². The second-order valence-corrected chi connectivity index (χ2v) is 7.14. The summed E-state index contributed by atoms with van der Waals surface area (Å²) in [5, 5.41) is 21.1. The van der Waals surface area contributed by atoms with Crippen molar-refractivity contribution in [3.05, 3.63) is 67.6 Å². The van der Waals surface area contributed by atoms with E-state index in [1.165, 1.54) is 25.3 Å². The third-order valence-electron chi connectivity index (χ3n) is 3.92. The highest BCUT2D eigenvalue weighted by molar-refractivity contribution is 8.18. The minimum absolute atomic E-state index is 0.0304. The molecule has 0 spiro atoms. The first-order valence-electron chi connectivity index (χ1n) is 7.86. The summed E-state index contributed by atoms with van der Waals surface area (Å²) in [5.74, 6) is -1.30. The van der Waals surface area contributed by atoms with Gasteiger partial charge in [-0.1, -0.05) is 23.7 Å². The number of hydrogen-bond acceptors (Lipinski definition) is 7. The third-order valence-corrected chi connectivity index (χ3v) is 5.06. The minimum atomic E-state index is -0.722. The molecule has 10 heteroatoms. The molecule has 0 unspecified atom stereocenters. The number of rotatable bonds is 5. The lowest BCUT2D eigenvalue weighted by molar-refractivity contribution is -0.386. The van der Waals surface area contributed by atoms with Gasteiger partial charge < -0.3 is 9.84 Å². The van der Waals surface area contributed by atoms with Crippen LogP contribution in [0.2, 0.25) is 5.02 Å². The van der Waals surface area contributed by atoms with Crippen molar-refractivity contribution in [1.82, 2.24) is 4.90 Å². The van der Waals surface area contributed by atoms with Gasteiger partial charge in [0.15, 0.2) is 5.75 Å². The van der Waals surface area contributed by atoms with Crippen LogP contribution in [0.25, 0.3) is 6.08 Å². The number of benzene rings is 2. The van der Waals surface area contributed by atoms with E-state index in [-0.39, 0.29) is 22.8 Å². The van der Waals surface area contributed by atoms with Crippen molar-refractivity contribution in [3.8, 4) is 11.5 Å². The second kappa shape index (κ2) is 7.91. The lowest BCUT2D eigenvalue weighted by Crippen LogP contribution is -2.27. The fourth-order valence-electron chi connectivity index (χ4n) is 2.68. The molecule has 1 saturated heterocycles. The van der Waals surface area contributed by atoms with Crippen LogP contribution in [0.15, 0.2) is 41.3 Å². The number of thioether (sulfide) groups is 1. The highest BCUT2D eigenvalue weighted by atomic mass is 35.5. The Morgan fingerprint density at radius 3 is 2.71 bits per heavy atom. The van der Waals surface area contributed by atoms with Gasteiger partial charge in [0, 0.05) is 5.02 Å². The van der Waals surface area contributed by atoms with Gasteiger partial charge >= 0.3 is 5.69 Å². The molecule has 2 aromatic carbocycles. The van der Waals surface area contributed by atoms with Crippen LogP contribution in [-0.4, -0.2) is 33.2 Å². The molecule has 0 aliphatic carbocycles. The Bertz CT molecular complexity index is 1020. The van der Waals surface area contributed by atoms with Crippen molar-refractivity contribution < 1.29 is 24.4 Å². The summed E-state index contributed by atoms with van der Waals surface area (Å²) in [4.78, 5) is 36.7. The lowest BCUT2D eigenvalue weighted by atomic mass is 10.1. The number of halogens is 1. The molecule has 3 rings (SSSR count). The number of imide groups is 1. The van der Waals surface area contributed by atoms with Crippen LogP contribution in [-0.2, 0) is 11.3 Å². The first-order valence-corrected chi connectivity index (χ1v) is 9.05. The van der Waals surface area contributed by atoms with Crippen LogP contribution in [0.4, 0.5) is 10.5 Å². The van der Waals surface area contributed by atoms with Crippen LogP contribution in [0.3, 0.4) is 0 Å². The van der Waals surface area contributed by atoms with Crippen LogP contribution >= 0.6 is 23.4 Å². The summed E-state index contributed by atoms with van der Waals surface area (Å²) in [6.45, 7) is 0.0313. The fourth-order valence-corrected chi connectivity index (χ4v) is 3.72. The molecule has 1 fully saturated rings. The number of nitro groups is 1. The van der Waals surface area contributed by atoms with Gasteiger partial charge in [-0.05, 0) is 47.7 Å². The fraction of sp³-hybridized carbons (Fsp3) is 0.111. The van der Waals surface area contributed by atoms with E-state index >= 15 is 0 Å². The van der Waals surface area contributed by atoms with Crippen molar-refractivity contribution in [1.29, 1.82) is 0 Å². The van der Waals surface area contributed by atoms with Crippen LogP contribution < -0.4 is 4.74 Å². The van der Waals surface area contributed by atoms with E-state index in [4.69, 9.17) is 16.3 Å². The van der Waals surface area contributed by atoms with E-state index in [1.54, 1.807) is 24.3 Å². The monoisotopic (exact) mass is 420 g/mol. The lowest BCUT2D eigenvalue weighted by Gasteiger charge is -2.12. The molecular formula is C18H13ClN2O6S. The minimum Gasteiger partial charge on any atom is -0.504 e. The molecule has 1 N–H and O–H groups in total. The van der Waals surface area contributed by atoms with E-state index < -0.39 is 27.5 Å². The summed E-state index contributed by atoms with van der Waals surface area (Å²) in [5.41, 5.74) is 0.213. The quantitative estimate of drug-likeness (QED) is 0.438. The predicted octanol–water partition coefficient (Wildman–Crippen LogP) is 4.20. The summed E-state index contributed by atoms with van der Waals surface area (Å²) < 4.78 is 4.90. The number of phenols is 1. The smallest absolute Gasteiger partial charge is 0.322 e. The Labute approximate surface area is 168 Å². The molecule has 1 aliphatic rings. The standard InChI is InChI=1S/C18H13ClN2O6S/c1-27-16-13(22)6-5-11(15(16)21(25)26)8-14-17(23)20(18(24)28-14)9-10-3-2-4-12(19)7-10/h2-8,22H,9H2,1H3/b14-8-. The number of phenolic OH excluding ortho intramolecular Hbond substituents is 1. The van der Waals surface area contributed by atoms with Crippen molar-refractivity contribution in [2.75, 3.05) is 7.11 Å². The zero-order valence-corrected chi connectivity index (χ0v) is 16.0. The molecule has 0 aromatic heterocycles. The molecule has 0 bridgehead atoms. The van der Waals surface area contributed by atoms with E-state index in [2.05, 4.69) is 0 Å². The van der Waals surface area contributed by atoms with E-state index in [0.29, 0.717) is 22.3 Å². The molecule has 28 heavy (non-hydrogen) atoms. The van der Waals surface area contributed by atoms with E-state index in [1.807, 2.05) is 0 Å². The Kier molecular flexibility index (Phi) is 5.57. The topological polar surface area (TPSA) is 110 Å². The predicted molar refractivity (Wildman–Crippen MR) is 104 cm³/mol. The maximum atomic E-state index is 12.6. The van der Waals surface area contributed by atoms with Crippen LogP contribution in [0, 0.1) is 10.1 Å². The Morgan fingerprint density at radius 1 is 1.32 bits per heavy atom. The summed E-state index contributed by atoms with van der Waals surface area (Å²) in [6.07, 6.45) is 1.24. The number of methoxy groups -OCH3 is 1. The Morgan fingerprint density at radius 2 is 2.07 bits per heavy atom. The van der Waals surface area contributed by atoms with Gasteiger partial charge in [-0.25, -0.2) is 0 Å². The first kappa shape index (κ1) is 19.7. The van der Waals surface area contributed by atoms with Gasteiger partial charge in [0.2, 0.25) is 5.75 Å². The van der Waals surface area contributed by atoms with Crippen molar-refractivity contribution in [2.24, 2.45) is 0 Å². The molecule has 0 saturated carbocycles. The molecule has 8 nitrogen and oxygen atoms in total. The van der Waals surface area contributed by atoms with Gasteiger partial charge in [0.05, 0.1) is 29.0 Å². The number of hydrogen-bond donors (Lipinski definition) is 1. The number of carbonyl (C=O) groups is 2. The zero-order chi connectivity index (χ0) is 20.4. The molecule has 1 aliphatic heterocycles. The van der Waals surface area contributed by atoms with Crippen LogP contribution in [0.1, 0.15) is 11.1 Å². The number of amides is 2. The Hall–Kier alpha value is -3.04. The molecule has 144 valence electrons. The summed E-state index contributed by atoms with van der Waals surface area (Å²) >= 11 is 6.60. The van der Waals surface area contributed by atoms with Gasteiger partial charge in [-0.15, -0.1) is 0 Å². The van der Waals surface area contributed by atoms with Gasteiger partial charge in [0.25, 0.3) is 11.1 Å². The van der Waals surface area contributed by atoms with E-state index in [0.717, 1.165) is 4.90 Å². The number of aromatic hydroxyl groups is 1. The molecular weight excluding hydrogens is 408 g/mol. The highest BCUT2D eigenvalue weighted by Crippen LogP contribution is 2.41. The number of nitro benzene ring substituents is 1. The van der Waals surface area contributed by atoms with Crippen molar-refractivity contribution in [3.63, 3.8) is 0 Å². The summed E-state index contributed by atoms with van der Waals surface area (Å²) in [6, 6.07) is 9.25. The largest absolute Gasteiger partial charge is 0.504 e. The first-order chi connectivity index (χ1) is 13.3. The van der Waals surface area contributed by atoms with Crippen molar-refractivity contribution >= 4 is 46.3 Å². The maximum absolute atomic E-state index is 12.6. The molecule has 1 heterocycles. The molecule has 0 radical (unpaired) electrons. The van der Waals surface area contributed by atoms with Crippen molar-refractivity contribution in [2.45, 2.75) is 6.54 Å². The molecule has 0 atom stereocenters. The summed E-state index contributed by atoms with van der Waals surface area (Å²) in [7, 11) is 1.19. The highest BCUT2D eigenvalue weighted by Gasteiger charge is 2.36. The molecule has 2 aromatic rings.